The number of nitrogens with zero attached hydrogens (tertiary/aromatic N) is 1. The molecule has 1 aliphatic carbocycles. The maximum atomic E-state index is 12.9. The molecule has 0 N–H and O–H groups in total. The largest absolute Gasteiger partial charge is 0.335 e. The van der Waals surface area contributed by atoms with Crippen LogP contribution in [-0.4, -0.2) is 23.4 Å². The number of carbonyl (C=O) groups excluding carboxylic acids is 1. The van der Waals surface area contributed by atoms with Crippen molar-refractivity contribution in [2.75, 3.05) is 6.54 Å². The average molecular weight is 350 g/mol. The van der Waals surface area contributed by atoms with Gasteiger partial charge in [0.2, 0.25) is 0 Å². The van der Waals surface area contributed by atoms with Crippen LogP contribution in [0.15, 0.2) is 22.7 Å². The second-order valence-corrected chi connectivity index (χ2v) is 7.54. The Balaban J connectivity index is 1.79. The summed E-state index contributed by atoms with van der Waals surface area (Å²) in [5.74, 6) is 0.964. The Morgan fingerprint density at radius 2 is 1.86 bits per heavy atom. The summed E-state index contributed by atoms with van der Waals surface area (Å²) in [7, 11) is 0. The molecule has 21 heavy (non-hydrogen) atoms. The zero-order valence-electron chi connectivity index (χ0n) is 12.8. The molecule has 3 heteroatoms. The van der Waals surface area contributed by atoms with Crippen LogP contribution in [0.2, 0.25) is 0 Å². The highest BCUT2D eigenvalue weighted by Crippen LogP contribution is 2.35. The van der Waals surface area contributed by atoms with Crippen molar-refractivity contribution in [3.05, 3.63) is 33.8 Å². The summed E-state index contributed by atoms with van der Waals surface area (Å²) >= 11 is 3.51. The predicted molar refractivity (Wildman–Crippen MR) is 89.5 cm³/mol. The summed E-state index contributed by atoms with van der Waals surface area (Å²) < 4.78 is 0.999. The molecule has 2 fully saturated rings. The van der Waals surface area contributed by atoms with E-state index >= 15 is 0 Å². The van der Waals surface area contributed by atoms with E-state index in [1.807, 2.05) is 19.1 Å². The van der Waals surface area contributed by atoms with Crippen molar-refractivity contribution in [3.8, 4) is 0 Å². The van der Waals surface area contributed by atoms with Gasteiger partial charge in [0, 0.05) is 22.6 Å². The lowest BCUT2D eigenvalue weighted by molar-refractivity contribution is 0.0661. The van der Waals surface area contributed by atoms with Gasteiger partial charge in [0.1, 0.15) is 0 Å². The van der Waals surface area contributed by atoms with E-state index in [0.29, 0.717) is 6.04 Å². The molecule has 1 atom stereocenters. The van der Waals surface area contributed by atoms with E-state index in [2.05, 4.69) is 26.9 Å². The Morgan fingerprint density at radius 3 is 2.57 bits per heavy atom. The van der Waals surface area contributed by atoms with Crippen LogP contribution in [0.5, 0.6) is 0 Å². The van der Waals surface area contributed by atoms with Gasteiger partial charge in [-0.15, -0.1) is 0 Å². The molecule has 1 heterocycles. The monoisotopic (exact) mass is 349 g/mol. The third kappa shape index (κ3) is 3.33. The van der Waals surface area contributed by atoms with Crippen molar-refractivity contribution in [2.24, 2.45) is 5.92 Å². The first-order valence-electron chi connectivity index (χ1n) is 8.23. The van der Waals surface area contributed by atoms with Crippen molar-refractivity contribution in [3.63, 3.8) is 0 Å². The summed E-state index contributed by atoms with van der Waals surface area (Å²) in [4.78, 5) is 15.1. The van der Waals surface area contributed by atoms with Crippen LogP contribution in [0, 0.1) is 12.8 Å². The molecule has 114 valence electrons. The van der Waals surface area contributed by atoms with Gasteiger partial charge in [-0.3, -0.25) is 4.79 Å². The van der Waals surface area contributed by atoms with E-state index < -0.39 is 0 Å². The molecule has 0 aromatic heterocycles. The Bertz CT molecular complexity index is 502. The molecule has 1 saturated carbocycles. The van der Waals surface area contributed by atoms with Gasteiger partial charge in [-0.25, -0.2) is 0 Å². The maximum Gasteiger partial charge on any atom is 0.254 e. The fraction of sp³-hybridized carbons (Fsp3) is 0.611. The van der Waals surface area contributed by atoms with Gasteiger partial charge in [-0.05, 0) is 62.3 Å². The highest BCUT2D eigenvalue weighted by molar-refractivity contribution is 9.10. The lowest BCUT2D eigenvalue weighted by atomic mass is 9.83. The zero-order chi connectivity index (χ0) is 14.8. The van der Waals surface area contributed by atoms with Crippen LogP contribution < -0.4 is 0 Å². The predicted octanol–water partition coefficient (Wildman–Crippen LogP) is 4.94. The first-order chi connectivity index (χ1) is 10.1. The highest BCUT2D eigenvalue weighted by atomic mass is 79.9. The summed E-state index contributed by atoms with van der Waals surface area (Å²) in [5, 5.41) is 0. The minimum atomic E-state index is 0.229. The lowest BCUT2D eigenvalue weighted by Gasteiger charge is -2.34. The number of benzene rings is 1. The van der Waals surface area contributed by atoms with Crippen LogP contribution >= 0.6 is 15.9 Å². The van der Waals surface area contributed by atoms with Crippen molar-refractivity contribution < 1.29 is 4.79 Å². The van der Waals surface area contributed by atoms with E-state index in [0.717, 1.165) is 28.1 Å². The number of halogens is 1. The van der Waals surface area contributed by atoms with Gasteiger partial charge in [-0.2, -0.15) is 0 Å². The van der Waals surface area contributed by atoms with E-state index in [9.17, 15) is 4.79 Å². The van der Waals surface area contributed by atoms with E-state index in [1.165, 1.54) is 44.9 Å². The van der Waals surface area contributed by atoms with E-state index in [1.54, 1.807) is 0 Å². The Hall–Kier alpha value is -0.830. The molecule has 1 amide bonds. The van der Waals surface area contributed by atoms with Gasteiger partial charge in [0.05, 0.1) is 0 Å². The van der Waals surface area contributed by atoms with Crippen LogP contribution in [0.1, 0.15) is 60.9 Å². The molecule has 1 unspecified atom stereocenters. The number of hydrogen-bond donors (Lipinski definition) is 0. The van der Waals surface area contributed by atoms with Crippen LogP contribution in [0.25, 0.3) is 0 Å². The lowest BCUT2D eigenvalue weighted by Crippen LogP contribution is -2.40. The molecule has 0 bridgehead atoms. The number of carbonyl (C=O) groups is 1. The maximum absolute atomic E-state index is 12.9. The fourth-order valence-electron chi connectivity index (χ4n) is 4.08. The van der Waals surface area contributed by atoms with Gasteiger partial charge in [0.25, 0.3) is 5.91 Å². The number of amides is 1. The zero-order valence-corrected chi connectivity index (χ0v) is 14.4. The second kappa shape index (κ2) is 6.51. The summed E-state index contributed by atoms with van der Waals surface area (Å²) in [6, 6.07) is 6.52. The Labute approximate surface area is 136 Å². The van der Waals surface area contributed by atoms with Gasteiger partial charge in [0.15, 0.2) is 0 Å². The average Bonchev–Trinajstić information content (AvgIpc) is 2.95. The van der Waals surface area contributed by atoms with Crippen molar-refractivity contribution in [2.45, 2.75) is 57.9 Å². The minimum absolute atomic E-state index is 0.229. The molecular formula is C18H24BrNO. The first-order valence-corrected chi connectivity index (χ1v) is 9.02. The van der Waals surface area contributed by atoms with Crippen LogP contribution in [0.4, 0.5) is 0 Å². The molecule has 0 spiro atoms. The number of hydrogen-bond acceptors (Lipinski definition) is 1. The molecule has 1 saturated heterocycles. The molecule has 2 nitrogen and oxygen atoms in total. The van der Waals surface area contributed by atoms with Crippen LogP contribution in [-0.2, 0) is 0 Å². The number of rotatable bonds is 2. The molecule has 2 aliphatic rings. The van der Waals surface area contributed by atoms with Gasteiger partial charge in [-0.1, -0.05) is 35.2 Å². The summed E-state index contributed by atoms with van der Waals surface area (Å²) in [6.45, 7) is 2.98. The topological polar surface area (TPSA) is 20.3 Å². The quantitative estimate of drug-likeness (QED) is 0.740. The van der Waals surface area contributed by atoms with E-state index in [-0.39, 0.29) is 5.91 Å². The van der Waals surface area contributed by atoms with Gasteiger partial charge >= 0.3 is 0 Å². The van der Waals surface area contributed by atoms with Gasteiger partial charge < -0.3 is 4.90 Å². The normalized spacial score (nSPS) is 23.5. The number of likely N-dealkylation sites (tertiary alicyclic amines) is 1. The molecular weight excluding hydrogens is 326 g/mol. The fourth-order valence-corrected chi connectivity index (χ4v) is 4.69. The van der Waals surface area contributed by atoms with E-state index in [4.69, 9.17) is 0 Å². The summed E-state index contributed by atoms with van der Waals surface area (Å²) in [6.07, 6.45) is 9.06. The highest BCUT2D eigenvalue weighted by Gasteiger charge is 2.35. The van der Waals surface area contributed by atoms with Crippen molar-refractivity contribution >= 4 is 21.8 Å². The molecule has 1 aliphatic heterocycles. The SMILES string of the molecule is Cc1cc(Br)cc(C(=O)N2CCCC2C2CCCCC2)c1. The third-order valence-electron chi connectivity index (χ3n) is 5.04. The Morgan fingerprint density at radius 1 is 1.10 bits per heavy atom. The summed E-state index contributed by atoms with van der Waals surface area (Å²) in [5.41, 5.74) is 1.98. The minimum Gasteiger partial charge on any atom is -0.335 e. The molecule has 3 rings (SSSR count). The second-order valence-electron chi connectivity index (χ2n) is 6.62. The first kappa shape index (κ1) is 15.1. The molecule has 1 aromatic rings. The smallest absolute Gasteiger partial charge is 0.254 e. The van der Waals surface area contributed by atoms with Crippen molar-refractivity contribution in [1.29, 1.82) is 0 Å². The molecule has 0 radical (unpaired) electrons. The molecule has 1 aromatic carbocycles. The van der Waals surface area contributed by atoms with Crippen molar-refractivity contribution in [1.82, 2.24) is 4.90 Å². The van der Waals surface area contributed by atoms with Crippen LogP contribution in [0.3, 0.4) is 0 Å². The standard InChI is InChI=1S/C18H24BrNO/c1-13-10-15(12-16(19)11-13)18(21)20-9-5-8-17(20)14-6-3-2-4-7-14/h10-12,14,17H,2-9H2,1H3. The number of aryl methyl sites for hydroxylation is 1. The Kier molecular flexibility index (Phi) is 4.68. The third-order valence-corrected chi connectivity index (χ3v) is 5.50.